The predicted molar refractivity (Wildman–Crippen MR) is 88.9 cm³/mol. The zero-order valence-corrected chi connectivity index (χ0v) is 12.9. The van der Waals surface area contributed by atoms with E-state index in [9.17, 15) is 5.26 Å². The Morgan fingerprint density at radius 2 is 1.41 bits per heavy atom. The third-order valence-corrected chi connectivity index (χ3v) is 4.56. The van der Waals surface area contributed by atoms with Crippen molar-refractivity contribution in [1.82, 2.24) is 4.90 Å². The maximum atomic E-state index is 9.18. The Morgan fingerprint density at radius 3 is 1.86 bits per heavy atom. The van der Waals surface area contributed by atoms with Gasteiger partial charge < -0.3 is 0 Å². The SMILES string of the molecule is N#CC1CCC(N(Cc2ccccc2)Cc2ccccc2)C1. The molecule has 2 aromatic carbocycles. The molecule has 1 fully saturated rings. The topological polar surface area (TPSA) is 27.0 Å². The summed E-state index contributed by atoms with van der Waals surface area (Å²) in [4.78, 5) is 2.54. The monoisotopic (exact) mass is 290 g/mol. The van der Waals surface area contributed by atoms with Gasteiger partial charge in [-0.2, -0.15) is 5.26 Å². The van der Waals surface area contributed by atoms with Gasteiger partial charge in [0.15, 0.2) is 0 Å². The Kier molecular flexibility index (Phi) is 4.88. The molecule has 2 unspecified atom stereocenters. The molecule has 2 aromatic rings. The van der Waals surface area contributed by atoms with Crippen LogP contribution in [0.3, 0.4) is 0 Å². The minimum absolute atomic E-state index is 0.235. The van der Waals surface area contributed by atoms with Crippen molar-refractivity contribution in [3.63, 3.8) is 0 Å². The molecule has 0 amide bonds. The van der Waals surface area contributed by atoms with Crippen molar-refractivity contribution in [3.05, 3.63) is 71.8 Å². The minimum atomic E-state index is 0.235. The van der Waals surface area contributed by atoms with Gasteiger partial charge in [0.05, 0.1) is 6.07 Å². The first kappa shape index (κ1) is 14.8. The number of rotatable bonds is 5. The number of nitrogens with zero attached hydrogens (tertiary/aromatic N) is 2. The molecule has 0 radical (unpaired) electrons. The van der Waals surface area contributed by atoms with Crippen molar-refractivity contribution in [2.24, 2.45) is 5.92 Å². The van der Waals surface area contributed by atoms with E-state index in [2.05, 4.69) is 71.6 Å². The predicted octanol–water partition coefficient (Wildman–Crippen LogP) is 4.38. The second-order valence-corrected chi connectivity index (χ2v) is 6.17. The summed E-state index contributed by atoms with van der Waals surface area (Å²) in [7, 11) is 0. The molecule has 2 nitrogen and oxygen atoms in total. The fourth-order valence-corrected chi connectivity index (χ4v) is 3.36. The zero-order valence-electron chi connectivity index (χ0n) is 12.9. The van der Waals surface area contributed by atoms with E-state index in [-0.39, 0.29) is 5.92 Å². The quantitative estimate of drug-likeness (QED) is 0.817. The van der Waals surface area contributed by atoms with Crippen LogP contribution in [0.1, 0.15) is 30.4 Å². The molecule has 1 aliphatic rings. The largest absolute Gasteiger partial charge is 0.292 e. The maximum absolute atomic E-state index is 9.18. The van der Waals surface area contributed by atoms with E-state index >= 15 is 0 Å². The first-order valence-electron chi connectivity index (χ1n) is 8.06. The molecular weight excluding hydrogens is 268 g/mol. The Morgan fingerprint density at radius 1 is 0.864 bits per heavy atom. The lowest BCUT2D eigenvalue weighted by molar-refractivity contribution is 0.178. The average molecular weight is 290 g/mol. The lowest BCUT2D eigenvalue weighted by Crippen LogP contribution is -2.32. The fraction of sp³-hybridized carbons (Fsp3) is 0.350. The highest BCUT2D eigenvalue weighted by Gasteiger charge is 2.29. The second-order valence-electron chi connectivity index (χ2n) is 6.17. The second kappa shape index (κ2) is 7.24. The first-order chi connectivity index (χ1) is 10.8. The highest BCUT2D eigenvalue weighted by atomic mass is 15.2. The highest BCUT2D eigenvalue weighted by Crippen LogP contribution is 2.30. The third kappa shape index (κ3) is 3.75. The van der Waals surface area contributed by atoms with E-state index in [1.807, 2.05) is 0 Å². The van der Waals surface area contributed by atoms with Crippen LogP contribution in [0.5, 0.6) is 0 Å². The summed E-state index contributed by atoms with van der Waals surface area (Å²) in [6.45, 7) is 1.91. The molecule has 2 heteroatoms. The van der Waals surface area contributed by atoms with Gasteiger partial charge in [0.25, 0.3) is 0 Å². The van der Waals surface area contributed by atoms with Crippen LogP contribution in [-0.2, 0) is 13.1 Å². The van der Waals surface area contributed by atoms with E-state index in [0.717, 1.165) is 32.4 Å². The van der Waals surface area contributed by atoms with Gasteiger partial charge in [0.1, 0.15) is 0 Å². The normalized spacial score (nSPS) is 20.9. The molecule has 0 heterocycles. The number of nitriles is 1. The molecular formula is C20H22N2. The lowest BCUT2D eigenvalue weighted by Gasteiger charge is -2.29. The summed E-state index contributed by atoms with van der Waals surface area (Å²) in [5.74, 6) is 0.235. The summed E-state index contributed by atoms with van der Waals surface area (Å²) in [5, 5.41) is 9.18. The molecule has 2 atom stereocenters. The Hall–Kier alpha value is -2.11. The Balaban J connectivity index is 1.75. The van der Waals surface area contributed by atoms with E-state index in [4.69, 9.17) is 0 Å². The van der Waals surface area contributed by atoms with Crippen molar-refractivity contribution >= 4 is 0 Å². The number of benzene rings is 2. The molecule has 3 rings (SSSR count). The summed E-state index contributed by atoms with van der Waals surface area (Å²) in [5.41, 5.74) is 2.69. The highest BCUT2D eigenvalue weighted by molar-refractivity contribution is 5.17. The summed E-state index contributed by atoms with van der Waals surface area (Å²) in [6, 6.07) is 24.2. The van der Waals surface area contributed by atoms with Gasteiger partial charge in [0.2, 0.25) is 0 Å². The van der Waals surface area contributed by atoms with Crippen LogP contribution < -0.4 is 0 Å². The summed E-state index contributed by atoms with van der Waals surface area (Å²) >= 11 is 0. The van der Waals surface area contributed by atoms with Crippen molar-refractivity contribution < 1.29 is 0 Å². The van der Waals surface area contributed by atoms with E-state index in [1.54, 1.807) is 0 Å². The number of hydrogen-bond acceptors (Lipinski definition) is 2. The third-order valence-electron chi connectivity index (χ3n) is 4.56. The Labute approximate surface area is 133 Å². The molecule has 1 saturated carbocycles. The van der Waals surface area contributed by atoms with E-state index < -0.39 is 0 Å². The molecule has 0 N–H and O–H groups in total. The van der Waals surface area contributed by atoms with Gasteiger partial charge in [-0.15, -0.1) is 0 Å². The van der Waals surface area contributed by atoms with Crippen molar-refractivity contribution in [1.29, 1.82) is 5.26 Å². The summed E-state index contributed by atoms with van der Waals surface area (Å²) in [6.07, 6.45) is 3.19. The van der Waals surface area contributed by atoms with Crippen LogP contribution in [0.15, 0.2) is 60.7 Å². The van der Waals surface area contributed by atoms with Gasteiger partial charge in [-0.05, 0) is 30.4 Å². The first-order valence-corrected chi connectivity index (χ1v) is 8.06. The summed E-state index contributed by atoms with van der Waals surface area (Å²) < 4.78 is 0. The molecule has 0 aliphatic heterocycles. The smallest absolute Gasteiger partial charge is 0.0656 e. The van der Waals surface area contributed by atoms with Crippen LogP contribution in [0.25, 0.3) is 0 Å². The van der Waals surface area contributed by atoms with E-state index in [1.165, 1.54) is 11.1 Å². The molecule has 0 bridgehead atoms. The van der Waals surface area contributed by atoms with Crippen LogP contribution in [0, 0.1) is 17.2 Å². The fourth-order valence-electron chi connectivity index (χ4n) is 3.36. The zero-order chi connectivity index (χ0) is 15.2. The minimum Gasteiger partial charge on any atom is -0.292 e. The van der Waals surface area contributed by atoms with E-state index in [0.29, 0.717) is 6.04 Å². The molecule has 0 spiro atoms. The average Bonchev–Trinajstić information content (AvgIpc) is 3.05. The molecule has 0 aromatic heterocycles. The van der Waals surface area contributed by atoms with Crippen LogP contribution in [-0.4, -0.2) is 10.9 Å². The molecule has 112 valence electrons. The van der Waals surface area contributed by atoms with Crippen molar-refractivity contribution in [2.45, 2.75) is 38.4 Å². The number of hydrogen-bond donors (Lipinski definition) is 0. The molecule has 22 heavy (non-hydrogen) atoms. The van der Waals surface area contributed by atoms with Crippen LogP contribution in [0.4, 0.5) is 0 Å². The Bertz CT molecular complexity index is 574. The maximum Gasteiger partial charge on any atom is 0.0656 e. The lowest BCUT2D eigenvalue weighted by atomic mass is 10.1. The van der Waals surface area contributed by atoms with Gasteiger partial charge >= 0.3 is 0 Å². The van der Waals surface area contributed by atoms with Gasteiger partial charge in [-0.3, -0.25) is 4.90 Å². The van der Waals surface area contributed by atoms with Crippen LogP contribution in [0.2, 0.25) is 0 Å². The van der Waals surface area contributed by atoms with Gasteiger partial charge in [0, 0.05) is 25.0 Å². The van der Waals surface area contributed by atoms with Crippen LogP contribution >= 0.6 is 0 Å². The molecule has 0 saturated heterocycles. The van der Waals surface area contributed by atoms with Gasteiger partial charge in [-0.1, -0.05) is 60.7 Å². The van der Waals surface area contributed by atoms with Crippen molar-refractivity contribution in [2.75, 3.05) is 0 Å². The molecule has 1 aliphatic carbocycles. The van der Waals surface area contributed by atoms with Crippen molar-refractivity contribution in [3.8, 4) is 6.07 Å². The standard InChI is InChI=1S/C20H22N2/c21-14-19-11-12-20(13-19)22(15-17-7-3-1-4-8-17)16-18-9-5-2-6-10-18/h1-10,19-20H,11-13,15-16H2. The van der Waals surface area contributed by atoms with Gasteiger partial charge in [-0.25, -0.2) is 0 Å².